The quantitative estimate of drug-likeness (QED) is 0.787. The molecule has 0 aliphatic carbocycles. The molecule has 0 fully saturated rings. The fourth-order valence-electron chi connectivity index (χ4n) is 3.64. The maximum Gasteiger partial charge on any atom is 0.259 e. The Morgan fingerprint density at radius 3 is 2.73 bits per heavy atom. The van der Waals surface area contributed by atoms with E-state index in [1.54, 1.807) is 4.68 Å². The third-order valence-corrected chi connectivity index (χ3v) is 5.10. The third kappa shape index (κ3) is 2.81. The van der Waals surface area contributed by atoms with Crippen molar-refractivity contribution in [1.29, 1.82) is 0 Å². The van der Waals surface area contributed by atoms with Crippen molar-refractivity contribution in [2.45, 2.75) is 39.7 Å². The molecule has 1 aromatic carbocycles. The van der Waals surface area contributed by atoms with Crippen molar-refractivity contribution in [1.82, 2.24) is 19.3 Å². The number of carbonyl (C=O) groups excluding carboxylic acids is 1. The lowest BCUT2D eigenvalue weighted by atomic mass is 10.1. The van der Waals surface area contributed by atoms with Crippen LogP contribution in [-0.4, -0.2) is 25.2 Å². The van der Waals surface area contributed by atoms with Crippen molar-refractivity contribution in [2.75, 3.05) is 5.32 Å². The van der Waals surface area contributed by atoms with Crippen LogP contribution in [0.1, 0.15) is 40.4 Å². The Labute approximate surface area is 152 Å². The van der Waals surface area contributed by atoms with Crippen molar-refractivity contribution in [2.24, 2.45) is 7.05 Å². The number of anilines is 1. The highest BCUT2D eigenvalue weighted by Crippen LogP contribution is 2.29. The molecule has 0 saturated carbocycles. The van der Waals surface area contributed by atoms with Gasteiger partial charge in [-0.25, -0.2) is 4.98 Å². The molecule has 1 aliphatic rings. The largest absolute Gasteiger partial charge is 0.334 e. The van der Waals surface area contributed by atoms with Crippen molar-refractivity contribution in [3.8, 4) is 11.3 Å². The molecule has 0 radical (unpaired) electrons. The average molecular weight is 349 g/mol. The molecule has 0 saturated heterocycles. The van der Waals surface area contributed by atoms with Crippen LogP contribution in [-0.2, 0) is 20.0 Å². The zero-order valence-corrected chi connectivity index (χ0v) is 15.4. The minimum Gasteiger partial charge on any atom is -0.334 e. The molecule has 134 valence electrons. The van der Waals surface area contributed by atoms with Crippen LogP contribution in [0.15, 0.2) is 30.5 Å². The van der Waals surface area contributed by atoms with E-state index in [9.17, 15) is 4.79 Å². The van der Waals surface area contributed by atoms with E-state index in [0.29, 0.717) is 5.56 Å². The Bertz CT molecular complexity index is 959. The van der Waals surface area contributed by atoms with Gasteiger partial charge in [0.25, 0.3) is 5.91 Å². The van der Waals surface area contributed by atoms with Gasteiger partial charge in [0.1, 0.15) is 5.82 Å². The molecule has 1 amide bonds. The second-order valence-corrected chi connectivity index (χ2v) is 6.86. The van der Waals surface area contributed by atoms with Crippen LogP contribution in [0.4, 0.5) is 5.69 Å². The van der Waals surface area contributed by atoms with Crippen LogP contribution in [0, 0.1) is 13.8 Å². The minimum atomic E-state index is -0.135. The summed E-state index contributed by atoms with van der Waals surface area (Å²) in [5, 5.41) is 7.40. The highest BCUT2D eigenvalue weighted by Gasteiger charge is 2.20. The number of nitrogens with zero attached hydrogens (tertiary/aromatic N) is 4. The second-order valence-electron chi connectivity index (χ2n) is 6.86. The standard InChI is InChI=1S/C20H23N5O/c1-13-19(14(2)24(3)23-13)20(26)22-16-9-5-4-8-15(16)17-12-25-11-7-6-10-18(25)21-17/h4-5,8-9,12H,6-7,10-11H2,1-3H3,(H,22,26). The monoisotopic (exact) mass is 349 g/mol. The number of fused-ring (bicyclic) bond motifs is 1. The van der Waals surface area contributed by atoms with Gasteiger partial charge in [-0.3, -0.25) is 9.48 Å². The maximum absolute atomic E-state index is 12.9. The van der Waals surface area contributed by atoms with Gasteiger partial charge >= 0.3 is 0 Å². The molecule has 0 bridgehead atoms. The predicted molar refractivity (Wildman–Crippen MR) is 101 cm³/mol. The number of aromatic nitrogens is 4. The average Bonchev–Trinajstić information content (AvgIpc) is 3.16. The van der Waals surface area contributed by atoms with Crippen LogP contribution >= 0.6 is 0 Å². The number of hydrogen-bond acceptors (Lipinski definition) is 3. The molecule has 2 aromatic heterocycles. The van der Waals surface area contributed by atoms with Gasteiger partial charge in [0.05, 0.1) is 22.6 Å². The van der Waals surface area contributed by atoms with Gasteiger partial charge in [0.2, 0.25) is 0 Å². The lowest BCUT2D eigenvalue weighted by Crippen LogP contribution is -2.14. The third-order valence-electron chi connectivity index (χ3n) is 5.10. The van der Waals surface area contributed by atoms with Crippen LogP contribution in [0.3, 0.4) is 0 Å². The molecule has 1 aliphatic heterocycles. The van der Waals surface area contributed by atoms with Gasteiger partial charge in [0, 0.05) is 37.5 Å². The van der Waals surface area contributed by atoms with Crippen LogP contribution < -0.4 is 5.32 Å². The topological polar surface area (TPSA) is 64.7 Å². The molecule has 6 heteroatoms. The molecule has 1 N–H and O–H groups in total. The molecule has 0 spiro atoms. The lowest BCUT2D eigenvalue weighted by Gasteiger charge is -2.11. The Balaban J connectivity index is 1.68. The van der Waals surface area contributed by atoms with Gasteiger partial charge in [0.15, 0.2) is 0 Å². The van der Waals surface area contributed by atoms with Crippen molar-refractivity contribution in [3.63, 3.8) is 0 Å². The molecule has 0 atom stereocenters. The number of imidazole rings is 1. The number of rotatable bonds is 3. The van der Waals surface area contributed by atoms with Gasteiger partial charge in [-0.15, -0.1) is 0 Å². The summed E-state index contributed by atoms with van der Waals surface area (Å²) in [5.41, 5.74) is 4.86. The Kier molecular flexibility index (Phi) is 4.11. The summed E-state index contributed by atoms with van der Waals surface area (Å²) in [6, 6.07) is 7.83. The fraction of sp³-hybridized carbons (Fsp3) is 0.350. The molecule has 4 rings (SSSR count). The summed E-state index contributed by atoms with van der Waals surface area (Å²) in [5.74, 6) is 0.996. The van der Waals surface area contributed by atoms with E-state index < -0.39 is 0 Å². The first-order valence-electron chi connectivity index (χ1n) is 9.01. The predicted octanol–water partition coefficient (Wildman–Crippen LogP) is 3.49. The highest BCUT2D eigenvalue weighted by atomic mass is 16.1. The summed E-state index contributed by atoms with van der Waals surface area (Å²) < 4.78 is 3.96. The number of nitrogens with one attached hydrogen (secondary N) is 1. The first-order chi connectivity index (χ1) is 12.5. The van der Waals surface area contributed by atoms with Gasteiger partial charge in [-0.1, -0.05) is 18.2 Å². The summed E-state index contributed by atoms with van der Waals surface area (Å²) in [6.07, 6.45) is 5.50. The minimum absolute atomic E-state index is 0.135. The molecule has 0 unspecified atom stereocenters. The van der Waals surface area contributed by atoms with Crippen LogP contribution in [0.2, 0.25) is 0 Å². The number of hydrogen-bond donors (Lipinski definition) is 1. The number of carbonyl (C=O) groups is 1. The van der Waals surface area contributed by atoms with Crippen LogP contribution in [0.25, 0.3) is 11.3 Å². The van der Waals surface area contributed by atoms with E-state index in [4.69, 9.17) is 4.98 Å². The first-order valence-corrected chi connectivity index (χ1v) is 9.01. The number of para-hydroxylation sites is 1. The number of benzene rings is 1. The Morgan fingerprint density at radius 1 is 1.19 bits per heavy atom. The zero-order chi connectivity index (χ0) is 18.3. The molecule has 3 heterocycles. The van der Waals surface area contributed by atoms with E-state index in [0.717, 1.165) is 47.1 Å². The van der Waals surface area contributed by atoms with Crippen LogP contribution in [0.5, 0.6) is 0 Å². The zero-order valence-electron chi connectivity index (χ0n) is 15.4. The maximum atomic E-state index is 12.9. The van der Waals surface area contributed by atoms with E-state index in [1.165, 1.54) is 12.8 Å². The van der Waals surface area contributed by atoms with Gasteiger partial charge in [-0.2, -0.15) is 5.10 Å². The van der Waals surface area contributed by atoms with Gasteiger partial charge < -0.3 is 9.88 Å². The summed E-state index contributed by atoms with van der Waals surface area (Å²) in [4.78, 5) is 17.7. The second kappa shape index (κ2) is 6.44. The highest BCUT2D eigenvalue weighted by molar-refractivity contribution is 6.07. The fourth-order valence-corrected chi connectivity index (χ4v) is 3.64. The number of aryl methyl sites for hydroxylation is 4. The molecule has 26 heavy (non-hydrogen) atoms. The van der Waals surface area contributed by atoms with Gasteiger partial charge in [-0.05, 0) is 32.8 Å². The SMILES string of the molecule is Cc1nn(C)c(C)c1C(=O)Nc1ccccc1-c1cn2c(n1)CCCC2. The normalized spacial score (nSPS) is 13.5. The Morgan fingerprint density at radius 2 is 2.00 bits per heavy atom. The summed E-state index contributed by atoms with van der Waals surface area (Å²) in [6.45, 7) is 4.78. The first kappa shape index (κ1) is 16.6. The van der Waals surface area contributed by atoms with E-state index >= 15 is 0 Å². The number of amides is 1. The van der Waals surface area contributed by atoms with E-state index in [-0.39, 0.29) is 5.91 Å². The molecular weight excluding hydrogens is 326 g/mol. The van der Waals surface area contributed by atoms with E-state index in [2.05, 4.69) is 21.2 Å². The van der Waals surface area contributed by atoms with Crippen molar-refractivity contribution in [3.05, 3.63) is 53.2 Å². The molecular formula is C20H23N5O. The lowest BCUT2D eigenvalue weighted by molar-refractivity contribution is 0.102. The van der Waals surface area contributed by atoms with E-state index in [1.807, 2.05) is 45.2 Å². The molecule has 3 aromatic rings. The van der Waals surface area contributed by atoms with Crippen molar-refractivity contribution < 1.29 is 4.79 Å². The summed E-state index contributed by atoms with van der Waals surface area (Å²) >= 11 is 0. The Hall–Kier alpha value is -2.89. The molecule has 6 nitrogen and oxygen atoms in total. The smallest absolute Gasteiger partial charge is 0.259 e. The summed E-state index contributed by atoms with van der Waals surface area (Å²) in [7, 11) is 1.85. The van der Waals surface area contributed by atoms with Crippen molar-refractivity contribution >= 4 is 11.6 Å².